The van der Waals surface area contributed by atoms with E-state index in [2.05, 4.69) is 15.7 Å². The summed E-state index contributed by atoms with van der Waals surface area (Å²) in [5.74, 6) is -0.540. The Morgan fingerprint density at radius 1 is 1.50 bits per heavy atom. The summed E-state index contributed by atoms with van der Waals surface area (Å²) in [5, 5.41) is 9.71. The third-order valence-corrected chi connectivity index (χ3v) is 3.35. The van der Waals surface area contributed by atoms with Gasteiger partial charge in [-0.25, -0.2) is 0 Å². The maximum Gasteiger partial charge on any atom is 0.272 e. The predicted octanol–water partition coefficient (Wildman–Crippen LogP) is 0.191. The lowest BCUT2D eigenvalue weighted by molar-refractivity contribution is -0.122. The van der Waals surface area contributed by atoms with Crippen molar-refractivity contribution < 1.29 is 9.59 Å². The first-order valence-electron chi connectivity index (χ1n) is 6.88. The standard InChI is InChI=1S/C13H21N5O2/c1-4-18-11(10(14)7(2)17-18)13(20)15-8(3)12(19)16-9-5-6-9/h8-9H,4-6,14H2,1-3H3,(H,15,20)(H,16,19). The van der Waals surface area contributed by atoms with Gasteiger partial charge in [0.1, 0.15) is 11.7 Å². The Balaban J connectivity index is 2.05. The second-order valence-electron chi connectivity index (χ2n) is 5.14. The fourth-order valence-corrected chi connectivity index (χ4v) is 1.95. The fourth-order valence-electron chi connectivity index (χ4n) is 1.95. The SMILES string of the molecule is CCn1nc(C)c(N)c1C(=O)NC(C)C(=O)NC1CC1. The van der Waals surface area contributed by atoms with E-state index in [9.17, 15) is 9.59 Å². The zero-order valence-corrected chi connectivity index (χ0v) is 12.1. The van der Waals surface area contributed by atoms with Crippen LogP contribution in [-0.2, 0) is 11.3 Å². The second-order valence-corrected chi connectivity index (χ2v) is 5.14. The number of aromatic nitrogens is 2. The molecule has 7 nitrogen and oxygen atoms in total. The first kappa shape index (κ1) is 14.4. The number of carbonyl (C=O) groups excluding carboxylic acids is 2. The quantitative estimate of drug-likeness (QED) is 0.716. The van der Waals surface area contributed by atoms with Gasteiger partial charge >= 0.3 is 0 Å². The van der Waals surface area contributed by atoms with Crippen molar-refractivity contribution in [2.24, 2.45) is 0 Å². The first-order chi connectivity index (χ1) is 9.43. The van der Waals surface area contributed by atoms with Crippen molar-refractivity contribution in [1.82, 2.24) is 20.4 Å². The predicted molar refractivity (Wildman–Crippen MR) is 75.1 cm³/mol. The van der Waals surface area contributed by atoms with Gasteiger partial charge in [0, 0.05) is 12.6 Å². The Morgan fingerprint density at radius 3 is 2.70 bits per heavy atom. The third kappa shape index (κ3) is 2.92. The van der Waals surface area contributed by atoms with Gasteiger partial charge in [-0.2, -0.15) is 5.10 Å². The molecule has 7 heteroatoms. The molecule has 4 N–H and O–H groups in total. The molecule has 1 aromatic rings. The lowest BCUT2D eigenvalue weighted by Crippen LogP contribution is -2.46. The van der Waals surface area contributed by atoms with Crippen LogP contribution in [0.3, 0.4) is 0 Å². The van der Waals surface area contributed by atoms with Gasteiger partial charge in [-0.05, 0) is 33.6 Å². The number of carbonyl (C=O) groups is 2. The Bertz CT molecular complexity index is 533. The van der Waals surface area contributed by atoms with E-state index >= 15 is 0 Å². The van der Waals surface area contributed by atoms with Crippen molar-refractivity contribution in [3.05, 3.63) is 11.4 Å². The molecule has 110 valence electrons. The lowest BCUT2D eigenvalue weighted by Gasteiger charge is -2.14. The molecule has 2 amide bonds. The van der Waals surface area contributed by atoms with Gasteiger partial charge in [-0.15, -0.1) is 0 Å². The minimum Gasteiger partial charge on any atom is -0.395 e. The number of hydrogen-bond donors (Lipinski definition) is 3. The van der Waals surface area contributed by atoms with E-state index in [-0.39, 0.29) is 17.9 Å². The van der Waals surface area contributed by atoms with E-state index in [0.29, 0.717) is 23.6 Å². The molecule has 1 heterocycles. The van der Waals surface area contributed by atoms with E-state index in [1.807, 2.05) is 6.92 Å². The lowest BCUT2D eigenvalue weighted by atomic mass is 10.2. The number of nitrogen functional groups attached to an aromatic ring is 1. The summed E-state index contributed by atoms with van der Waals surface area (Å²) in [6, 6.07) is -0.321. The minimum absolute atomic E-state index is 0.168. The Morgan fingerprint density at radius 2 is 2.15 bits per heavy atom. The van der Waals surface area contributed by atoms with Crippen LogP contribution in [0.1, 0.15) is 42.9 Å². The summed E-state index contributed by atoms with van der Waals surface area (Å²) in [6.07, 6.45) is 2.03. The van der Waals surface area contributed by atoms with Crippen LogP contribution in [0.4, 0.5) is 5.69 Å². The average molecular weight is 279 g/mol. The normalized spacial score (nSPS) is 15.8. The molecule has 0 aromatic carbocycles. The monoisotopic (exact) mass is 279 g/mol. The number of aryl methyl sites for hydroxylation is 2. The maximum absolute atomic E-state index is 12.2. The summed E-state index contributed by atoms with van der Waals surface area (Å²) in [7, 11) is 0. The highest BCUT2D eigenvalue weighted by atomic mass is 16.2. The van der Waals surface area contributed by atoms with Gasteiger partial charge in [0.15, 0.2) is 0 Å². The molecule has 20 heavy (non-hydrogen) atoms. The fraction of sp³-hybridized carbons (Fsp3) is 0.615. The Hall–Kier alpha value is -2.05. The molecule has 0 spiro atoms. The van der Waals surface area contributed by atoms with Crippen LogP contribution in [0, 0.1) is 6.92 Å². The molecule has 0 bridgehead atoms. The van der Waals surface area contributed by atoms with Crippen LogP contribution in [0.2, 0.25) is 0 Å². The molecule has 1 atom stereocenters. The topological polar surface area (TPSA) is 102 Å². The number of hydrogen-bond acceptors (Lipinski definition) is 4. The molecule has 0 aliphatic heterocycles. The third-order valence-electron chi connectivity index (χ3n) is 3.35. The maximum atomic E-state index is 12.2. The van der Waals surface area contributed by atoms with Crippen LogP contribution in [0.15, 0.2) is 0 Å². The van der Waals surface area contributed by atoms with Gasteiger partial charge in [0.2, 0.25) is 5.91 Å². The van der Waals surface area contributed by atoms with E-state index in [1.165, 1.54) is 0 Å². The first-order valence-corrected chi connectivity index (χ1v) is 6.88. The van der Waals surface area contributed by atoms with Crippen molar-refractivity contribution in [3.63, 3.8) is 0 Å². The van der Waals surface area contributed by atoms with E-state index in [0.717, 1.165) is 12.8 Å². The molecular weight excluding hydrogens is 258 g/mol. The number of amides is 2. The van der Waals surface area contributed by atoms with Gasteiger partial charge in [0.25, 0.3) is 5.91 Å². The van der Waals surface area contributed by atoms with E-state index in [1.54, 1.807) is 18.5 Å². The van der Waals surface area contributed by atoms with Crippen molar-refractivity contribution in [3.8, 4) is 0 Å². The molecule has 1 unspecified atom stereocenters. The molecule has 1 aliphatic rings. The smallest absolute Gasteiger partial charge is 0.272 e. The molecule has 1 saturated carbocycles. The number of anilines is 1. The summed E-state index contributed by atoms with van der Waals surface area (Å²) >= 11 is 0. The molecule has 1 aliphatic carbocycles. The second kappa shape index (κ2) is 5.52. The van der Waals surface area contributed by atoms with Crippen LogP contribution in [0.5, 0.6) is 0 Å². The molecule has 1 fully saturated rings. The van der Waals surface area contributed by atoms with Crippen LogP contribution in [0.25, 0.3) is 0 Å². The number of nitrogens with zero attached hydrogens (tertiary/aromatic N) is 2. The summed E-state index contributed by atoms with van der Waals surface area (Å²) in [5.41, 5.74) is 7.17. The molecule has 0 saturated heterocycles. The number of rotatable bonds is 5. The zero-order valence-electron chi connectivity index (χ0n) is 12.1. The number of nitrogens with two attached hydrogens (primary N) is 1. The zero-order chi connectivity index (χ0) is 14.9. The van der Waals surface area contributed by atoms with Gasteiger partial charge in [-0.3, -0.25) is 14.3 Å². The highest BCUT2D eigenvalue weighted by Crippen LogP contribution is 2.19. The highest BCUT2D eigenvalue weighted by molar-refractivity contribution is 6.00. The summed E-state index contributed by atoms with van der Waals surface area (Å²) < 4.78 is 1.55. The van der Waals surface area contributed by atoms with Gasteiger partial charge in [0.05, 0.1) is 11.4 Å². The summed E-state index contributed by atoms with van der Waals surface area (Å²) in [4.78, 5) is 24.1. The minimum atomic E-state index is -0.594. The van der Waals surface area contributed by atoms with E-state index in [4.69, 9.17) is 5.73 Å². The van der Waals surface area contributed by atoms with Crippen LogP contribution in [-0.4, -0.2) is 33.7 Å². The molecule has 2 rings (SSSR count). The van der Waals surface area contributed by atoms with Gasteiger partial charge < -0.3 is 16.4 Å². The summed E-state index contributed by atoms with van der Waals surface area (Å²) in [6.45, 7) is 5.84. The highest BCUT2D eigenvalue weighted by Gasteiger charge is 2.27. The Kier molecular flexibility index (Phi) is 3.96. The van der Waals surface area contributed by atoms with Crippen LogP contribution >= 0.6 is 0 Å². The van der Waals surface area contributed by atoms with Crippen molar-refractivity contribution in [2.75, 3.05) is 5.73 Å². The van der Waals surface area contributed by atoms with Crippen molar-refractivity contribution in [2.45, 2.75) is 52.2 Å². The number of nitrogens with one attached hydrogen (secondary N) is 2. The average Bonchev–Trinajstić information content (AvgIpc) is 3.15. The largest absolute Gasteiger partial charge is 0.395 e. The van der Waals surface area contributed by atoms with Gasteiger partial charge in [-0.1, -0.05) is 0 Å². The molecule has 1 aromatic heterocycles. The van der Waals surface area contributed by atoms with Crippen molar-refractivity contribution in [1.29, 1.82) is 0 Å². The molecular formula is C13H21N5O2. The van der Waals surface area contributed by atoms with Crippen molar-refractivity contribution >= 4 is 17.5 Å². The molecule has 0 radical (unpaired) electrons. The van der Waals surface area contributed by atoms with Crippen LogP contribution < -0.4 is 16.4 Å². The van der Waals surface area contributed by atoms with E-state index < -0.39 is 6.04 Å². The Labute approximate surface area is 117 Å².